The van der Waals surface area contributed by atoms with Crippen LogP contribution in [0.15, 0.2) is 30.5 Å². The van der Waals surface area contributed by atoms with E-state index in [1.807, 2.05) is 0 Å². The molecule has 3 fully saturated rings. The molecule has 0 spiro atoms. The lowest BCUT2D eigenvalue weighted by Gasteiger charge is -2.49. The Kier molecular flexibility index (Phi) is 3.84. The van der Waals surface area contributed by atoms with Gasteiger partial charge in [0.25, 0.3) is 5.91 Å². The second kappa shape index (κ2) is 6.02. The summed E-state index contributed by atoms with van der Waals surface area (Å²) in [5, 5.41) is 3.17. The summed E-state index contributed by atoms with van der Waals surface area (Å²) >= 11 is 0. The first-order valence-electron chi connectivity index (χ1n) is 8.48. The molecule has 0 saturated carbocycles. The van der Waals surface area contributed by atoms with Crippen LogP contribution in [0.4, 0.5) is 4.39 Å². The van der Waals surface area contributed by atoms with Crippen LogP contribution >= 0.6 is 0 Å². The molecule has 6 heteroatoms. The third-order valence-electron chi connectivity index (χ3n) is 5.46. The van der Waals surface area contributed by atoms with E-state index in [2.05, 4.69) is 27.1 Å². The van der Waals surface area contributed by atoms with Crippen LogP contribution in [0.5, 0.6) is 0 Å². The number of H-pyrrole nitrogens is 1. The largest absolute Gasteiger partial charge is 0.350 e. The zero-order valence-corrected chi connectivity index (χ0v) is 13.6. The monoisotopic (exact) mass is 328 g/mol. The highest BCUT2D eigenvalue weighted by atomic mass is 19.1. The van der Waals surface area contributed by atoms with E-state index in [-0.39, 0.29) is 11.9 Å². The Labute approximate surface area is 140 Å². The molecule has 2 aromatic rings. The number of aromatic nitrogens is 2. The molecule has 2 N–H and O–H groups in total. The molecule has 1 amide bonds. The topological polar surface area (TPSA) is 61.0 Å². The van der Waals surface area contributed by atoms with Crippen LogP contribution in [0.1, 0.15) is 30.3 Å². The van der Waals surface area contributed by atoms with E-state index in [0.29, 0.717) is 28.9 Å². The summed E-state index contributed by atoms with van der Waals surface area (Å²) in [6.45, 7) is 4.44. The van der Waals surface area contributed by atoms with Gasteiger partial charge in [-0.2, -0.15) is 4.39 Å². The zero-order chi connectivity index (χ0) is 16.7. The van der Waals surface area contributed by atoms with Gasteiger partial charge in [0.05, 0.1) is 11.3 Å². The molecule has 5 rings (SSSR count). The molecule has 126 valence electrons. The van der Waals surface area contributed by atoms with Gasteiger partial charge in [0.1, 0.15) is 5.69 Å². The van der Waals surface area contributed by atoms with Gasteiger partial charge < -0.3 is 10.3 Å². The van der Waals surface area contributed by atoms with Crippen molar-refractivity contribution >= 4 is 5.91 Å². The molecule has 2 atom stereocenters. The Morgan fingerprint density at radius 2 is 2.12 bits per heavy atom. The number of aromatic amines is 1. The molecular formula is C18H21FN4O. The molecule has 5 heterocycles. The molecule has 24 heavy (non-hydrogen) atoms. The summed E-state index contributed by atoms with van der Waals surface area (Å²) in [5.74, 6) is -0.118. The summed E-state index contributed by atoms with van der Waals surface area (Å²) < 4.78 is 13.8. The van der Waals surface area contributed by atoms with Crippen LogP contribution in [0.3, 0.4) is 0 Å². The van der Waals surface area contributed by atoms with E-state index in [1.165, 1.54) is 6.20 Å². The number of fused-ring (bicyclic) bond motifs is 3. The normalized spacial score (nSPS) is 28.8. The third kappa shape index (κ3) is 2.60. The van der Waals surface area contributed by atoms with Crippen molar-refractivity contribution in [2.45, 2.75) is 31.8 Å². The van der Waals surface area contributed by atoms with Crippen LogP contribution in [0.25, 0.3) is 11.3 Å². The van der Waals surface area contributed by atoms with Gasteiger partial charge in [-0.3, -0.25) is 9.69 Å². The van der Waals surface area contributed by atoms with Crippen molar-refractivity contribution in [1.82, 2.24) is 20.2 Å². The summed E-state index contributed by atoms with van der Waals surface area (Å²) in [6.07, 6.45) is 3.70. The zero-order valence-electron chi connectivity index (χ0n) is 13.6. The van der Waals surface area contributed by atoms with Crippen LogP contribution in [-0.2, 0) is 0 Å². The van der Waals surface area contributed by atoms with E-state index in [0.717, 1.165) is 25.9 Å². The minimum atomic E-state index is -0.544. The van der Waals surface area contributed by atoms with Gasteiger partial charge in [-0.15, -0.1) is 0 Å². The van der Waals surface area contributed by atoms with Crippen molar-refractivity contribution in [2.24, 2.45) is 5.92 Å². The van der Waals surface area contributed by atoms with Crippen LogP contribution < -0.4 is 5.32 Å². The molecule has 0 aromatic carbocycles. The molecule has 0 unspecified atom stereocenters. The van der Waals surface area contributed by atoms with Gasteiger partial charge in [-0.1, -0.05) is 0 Å². The number of hydrogen-bond acceptors (Lipinski definition) is 3. The number of hydrogen-bond donors (Lipinski definition) is 2. The number of carbonyl (C=O) groups is 1. The van der Waals surface area contributed by atoms with Gasteiger partial charge in [0.15, 0.2) is 0 Å². The van der Waals surface area contributed by atoms with E-state index < -0.39 is 5.95 Å². The highest BCUT2D eigenvalue weighted by Gasteiger charge is 2.40. The lowest BCUT2D eigenvalue weighted by molar-refractivity contribution is 0.0216. The van der Waals surface area contributed by atoms with E-state index in [9.17, 15) is 9.18 Å². The van der Waals surface area contributed by atoms with Crippen LogP contribution in [0, 0.1) is 11.9 Å². The minimum absolute atomic E-state index is 0.129. The first-order chi connectivity index (χ1) is 11.6. The molecule has 5 nitrogen and oxygen atoms in total. The summed E-state index contributed by atoms with van der Waals surface area (Å²) in [6, 6.07) is 7.28. The number of nitrogens with one attached hydrogen (secondary N) is 2. The molecule has 3 saturated heterocycles. The number of rotatable bonds is 3. The Morgan fingerprint density at radius 3 is 2.83 bits per heavy atom. The summed E-state index contributed by atoms with van der Waals surface area (Å²) in [7, 11) is 0. The molecule has 2 bridgehead atoms. The fourth-order valence-electron chi connectivity index (χ4n) is 4.05. The maximum atomic E-state index is 13.8. The van der Waals surface area contributed by atoms with Gasteiger partial charge >= 0.3 is 0 Å². The average molecular weight is 328 g/mol. The second-order valence-corrected chi connectivity index (χ2v) is 6.74. The molecule has 3 aliphatic rings. The van der Waals surface area contributed by atoms with E-state index >= 15 is 0 Å². The smallest absolute Gasteiger partial charge is 0.267 e. The molecule has 0 radical (unpaired) electrons. The predicted molar refractivity (Wildman–Crippen MR) is 89.0 cm³/mol. The van der Waals surface area contributed by atoms with E-state index in [1.54, 1.807) is 24.3 Å². The maximum absolute atomic E-state index is 13.8. The Hall–Kier alpha value is -2.21. The SMILES string of the molecule is C[C@H]1[C@H](NC(=O)c2ccc(-c3cccnc3F)[nH]2)C2CCN1CC2. The second-order valence-electron chi connectivity index (χ2n) is 6.74. The van der Waals surface area contributed by atoms with Crippen molar-refractivity contribution in [2.75, 3.05) is 13.1 Å². The van der Waals surface area contributed by atoms with Crippen molar-refractivity contribution < 1.29 is 9.18 Å². The quantitative estimate of drug-likeness (QED) is 0.851. The lowest BCUT2D eigenvalue weighted by Crippen LogP contribution is -2.62. The fourth-order valence-corrected chi connectivity index (χ4v) is 4.05. The van der Waals surface area contributed by atoms with Crippen molar-refractivity contribution in [3.8, 4) is 11.3 Å². The number of pyridine rings is 1. The highest BCUT2D eigenvalue weighted by Crippen LogP contribution is 2.32. The third-order valence-corrected chi connectivity index (χ3v) is 5.46. The number of piperidine rings is 3. The van der Waals surface area contributed by atoms with E-state index in [4.69, 9.17) is 0 Å². The molecule has 0 aliphatic carbocycles. The number of nitrogens with zero attached hydrogens (tertiary/aromatic N) is 2. The lowest BCUT2D eigenvalue weighted by atomic mass is 9.79. The van der Waals surface area contributed by atoms with Crippen molar-refractivity contribution in [3.63, 3.8) is 0 Å². The minimum Gasteiger partial charge on any atom is -0.350 e. The van der Waals surface area contributed by atoms with Gasteiger partial charge in [0.2, 0.25) is 5.95 Å². The molecular weight excluding hydrogens is 307 g/mol. The van der Waals surface area contributed by atoms with Crippen LogP contribution in [-0.4, -0.2) is 45.9 Å². The first kappa shape index (κ1) is 15.3. The highest BCUT2D eigenvalue weighted by molar-refractivity contribution is 5.93. The molecule has 2 aromatic heterocycles. The predicted octanol–water partition coefficient (Wildman–Crippen LogP) is 2.43. The standard InChI is InChI=1S/C18H21FN4O/c1-11-16(12-6-9-23(11)10-7-12)22-18(24)15-5-4-14(21-15)13-3-2-8-20-17(13)19/h2-5,8,11-12,16,21H,6-7,9-10H2,1H3,(H,22,24)/t11-,16-/m0/s1. The Balaban J connectivity index is 1.51. The number of carbonyl (C=O) groups excluding carboxylic acids is 1. The molecule has 3 aliphatic heterocycles. The Morgan fingerprint density at radius 1 is 1.33 bits per heavy atom. The van der Waals surface area contributed by atoms with Crippen molar-refractivity contribution in [1.29, 1.82) is 0 Å². The van der Waals surface area contributed by atoms with Gasteiger partial charge in [-0.05, 0) is 63.0 Å². The number of halogens is 1. The van der Waals surface area contributed by atoms with Crippen molar-refractivity contribution in [3.05, 3.63) is 42.1 Å². The number of amides is 1. The maximum Gasteiger partial charge on any atom is 0.267 e. The average Bonchev–Trinajstić information content (AvgIpc) is 3.09. The Bertz CT molecular complexity index is 749. The van der Waals surface area contributed by atoms with Gasteiger partial charge in [-0.25, -0.2) is 4.98 Å². The summed E-state index contributed by atoms with van der Waals surface area (Å²) in [4.78, 5) is 21.7. The summed E-state index contributed by atoms with van der Waals surface area (Å²) in [5.41, 5.74) is 1.39. The fraction of sp³-hybridized carbons (Fsp3) is 0.444. The van der Waals surface area contributed by atoms with Crippen LogP contribution in [0.2, 0.25) is 0 Å². The first-order valence-corrected chi connectivity index (χ1v) is 8.48. The van der Waals surface area contributed by atoms with Gasteiger partial charge in [0, 0.05) is 18.3 Å².